The molecule has 0 aliphatic rings. The van der Waals surface area contributed by atoms with E-state index >= 15 is 0 Å². The Hall–Kier alpha value is -0.770. The first-order valence-corrected chi connectivity index (χ1v) is 7.39. The van der Waals surface area contributed by atoms with E-state index in [4.69, 9.17) is 27.9 Å². The van der Waals surface area contributed by atoms with Gasteiger partial charge in [0.15, 0.2) is 0 Å². The minimum atomic E-state index is -0.461. The number of ether oxygens (including phenoxy) is 1. The molecule has 0 saturated heterocycles. The standard InChI is InChI=1S/C14H10BrCl2FO/c15-7-9-4-5-13(12(17)6-9)19-8-10-2-1-3-11(16)14(10)18/h1-6H,7-8H2. The minimum absolute atomic E-state index is 0.0831. The topological polar surface area (TPSA) is 9.23 Å². The van der Waals surface area contributed by atoms with Gasteiger partial charge in [-0.1, -0.05) is 57.3 Å². The first kappa shape index (κ1) is 14.6. The van der Waals surface area contributed by atoms with Crippen molar-refractivity contribution in [2.24, 2.45) is 0 Å². The average Bonchev–Trinajstić information content (AvgIpc) is 2.41. The third-order valence-electron chi connectivity index (χ3n) is 2.57. The highest BCUT2D eigenvalue weighted by Crippen LogP contribution is 2.28. The molecule has 0 atom stereocenters. The van der Waals surface area contributed by atoms with Crippen LogP contribution in [-0.2, 0) is 11.9 Å². The summed E-state index contributed by atoms with van der Waals surface area (Å²) < 4.78 is 19.2. The summed E-state index contributed by atoms with van der Waals surface area (Å²) in [6.45, 7) is 0.0831. The van der Waals surface area contributed by atoms with Crippen molar-refractivity contribution in [3.05, 3.63) is 63.4 Å². The van der Waals surface area contributed by atoms with Crippen molar-refractivity contribution >= 4 is 39.1 Å². The Kier molecular flexibility index (Phi) is 5.08. The van der Waals surface area contributed by atoms with E-state index < -0.39 is 5.82 Å². The van der Waals surface area contributed by atoms with Gasteiger partial charge in [0.05, 0.1) is 10.0 Å². The van der Waals surface area contributed by atoms with Crippen LogP contribution >= 0.6 is 39.1 Å². The molecule has 0 fully saturated rings. The van der Waals surface area contributed by atoms with Crippen LogP contribution in [0.25, 0.3) is 0 Å². The summed E-state index contributed by atoms with van der Waals surface area (Å²) in [5, 5.41) is 1.30. The minimum Gasteiger partial charge on any atom is -0.487 e. The SMILES string of the molecule is Fc1c(Cl)cccc1COc1ccc(CBr)cc1Cl. The van der Waals surface area contributed by atoms with Crippen LogP contribution in [0.15, 0.2) is 36.4 Å². The van der Waals surface area contributed by atoms with Crippen molar-refractivity contribution in [3.8, 4) is 5.75 Å². The highest BCUT2D eigenvalue weighted by Gasteiger charge is 2.08. The first-order chi connectivity index (χ1) is 9.11. The van der Waals surface area contributed by atoms with E-state index in [2.05, 4.69) is 15.9 Å². The summed E-state index contributed by atoms with van der Waals surface area (Å²) >= 11 is 15.1. The van der Waals surface area contributed by atoms with Gasteiger partial charge in [-0.15, -0.1) is 0 Å². The lowest BCUT2D eigenvalue weighted by Crippen LogP contribution is -1.99. The zero-order valence-electron chi connectivity index (χ0n) is 9.80. The maximum Gasteiger partial charge on any atom is 0.148 e. The number of hydrogen-bond donors (Lipinski definition) is 0. The predicted octanol–water partition coefficient (Wildman–Crippen LogP) is 5.61. The smallest absolute Gasteiger partial charge is 0.148 e. The normalized spacial score (nSPS) is 10.5. The molecule has 19 heavy (non-hydrogen) atoms. The van der Waals surface area contributed by atoms with Crippen molar-refractivity contribution in [3.63, 3.8) is 0 Å². The number of alkyl halides is 1. The van der Waals surface area contributed by atoms with Gasteiger partial charge in [0.25, 0.3) is 0 Å². The maximum absolute atomic E-state index is 13.7. The van der Waals surface area contributed by atoms with Crippen molar-refractivity contribution in [2.45, 2.75) is 11.9 Å². The van der Waals surface area contributed by atoms with Crippen LogP contribution in [0.3, 0.4) is 0 Å². The van der Waals surface area contributed by atoms with Crippen LogP contribution in [0.1, 0.15) is 11.1 Å². The lowest BCUT2D eigenvalue weighted by Gasteiger charge is -2.10. The largest absolute Gasteiger partial charge is 0.487 e. The van der Waals surface area contributed by atoms with Gasteiger partial charge in [-0.2, -0.15) is 0 Å². The lowest BCUT2D eigenvalue weighted by atomic mass is 10.2. The lowest BCUT2D eigenvalue weighted by molar-refractivity contribution is 0.300. The summed E-state index contributed by atoms with van der Waals surface area (Å²) in [6.07, 6.45) is 0. The van der Waals surface area contributed by atoms with E-state index in [1.807, 2.05) is 6.07 Å². The van der Waals surface area contributed by atoms with E-state index in [1.165, 1.54) is 6.07 Å². The molecule has 0 amide bonds. The van der Waals surface area contributed by atoms with Crippen LogP contribution in [0.4, 0.5) is 4.39 Å². The van der Waals surface area contributed by atoms with E-state index in [0.717, 1.165) is 10.9 Å². The molecule has 0 bridgehead atoms. The van der Waals surface area contributed by atoms with E-state index in [-0.39, 0.29) is 11.6 Å². The van der Waals surface area contributed by atoms with Gasteiger partial charge >= 0.3 is 0 Å². The molecule has 0 aliphatic heterocycles. The average molecular weight is 364 g/mol. The molecular weight excluding hydrogens is 354 g/mol. The van der Waals surface area contributed by atoms with Crippen molar-refractivity contribution < 1.29 is 9.13 Å². The zero-order chi connectivity index (χ0) is 13.8. The predicted molar refractivity (Wildman–Crippen MR) is 79.8 cm³/mol. The summed E-state index contributed by atoms with van der Waals surface area (Å²) in [5.41, 5.74) is 1.44. The Labute approximate surface area is 129 Å². The molecule has 0 spiro atoms. The second kappa shape index (κ2) is 6.60. The second-order valence-electron chi connectivity index (χ2n) is 3.90. The molecule has 0 radical (unpaired) electrons. The fraction of sp³-hybridized carbons (Fsp3) is 0.143. The van der Waals surface area contributed by atoms with Crippen molar-refractivity contribution in [1.82, 2.24) is 0 Å². The highest BCUT2D eigenvalue weighted by molar-refractivity contribution is 9.08. The zero-order valence-corrected chi connectivity index (χ0v) is 12.9. The Balaban J connectivity index is 2.12. The van der Waals surface area contributed by atoms with Gasteiger partial charge in [0, 0.05) is 10.9 Å². The van der Waals surface area contributed by atoms with Crippen LogP contribution in [0.5, 0.6) is 5.75 Å². The highest BCUT2D eigenvalue weighted by atomic mass is 79.9. The molecule has 0 unspecified atom stereocenters. The molecule has 0 aromatic heterocycles. The first-order valence-electron chi connectivity index (χ1n) is 5.52. The Bertz CT molecular complexity index is 590. The molecule has 100 valence electrons. The summed E-state index contributed by atoms with van der Waals surface area (Å²) in [7, 11) is 0. The molecule has 0 N–H and O–H groups in total. The molecule has 1 nitrogen and oxygen atoms in total. The van der Waals surface area contributed by atoms with Gasteiger partial charge < -0.3 is 4.74 Å². The number of halogens is 4. The van der Waals surface area contributed by atoms with Gasteiger partial charge in [-0.25, -0.2) is 4.39 Å². The molecular formula is C14H10BrCl2FO. The van der Waals surface area contributed by atoms with Gasteiger partial charge in [-0.05, 0) is 23.8 Å². The van der Waals surface area contributed by atoms with Crippen LogP contribution in [-0.4, -0.2) is 0 Å². The Morgan fingerprint density at radius 2 is 1.89 bits per heavy atom. The fourth-order valence-corrected chi connectivity index (χ4v) is 2.36. The Morgan fingerprint density at radius 3 is 2.58 bits per heavy atom. The third kappa shape index (κ3) is 3.62. The molecule has 0 heterocycles. The van der Waals surface area contributed by atoms with Crippen LogP contribution in [0, 0.1) is 5.82 Å². The molecule has 2 aromatic rings. The monoisotopic (exact) mass is 362 g/mol. The molecule has 0 saturated carbocycles. The fourth-order valence-electron chi connectivity index (χ4n) is 1.56. The molecule has 2 aromatic carbocycles. The van der Waals surface area contributed by atoms with Crippen molar-refractivity contribution in [1.29, 1.82) is 0 Å². The van der Waals surface area contributed by atoms with E-state index in [9.17, 15) is 4.39 Å². The van der Waals surface area contributed by atoms with E-state index in [0.29, 0.717) is 16.3 Å². The summed E-state index contributed by atoms with van der Waals surface area (Å²) in [6, 6.07) is 10.3. The van der Waals surface area contributed by atoms with Crippen molar-refractivity contribution in [2.75, 3.05) is 0 Å². The number of benzene rings is 2. The quantitative estimate of drug-likeness (QED) is 0.642. The molecule has 5 heteroatoms. The van der Waals surface area contributed by atoms with Gasteiger partial charge in [-0.3, -0.25) is 0 Å². The third-order valence-corrected chi connectivity index (χ3v) is 3.80. The number of hydrogen-bond acceptors (Lipinski definition) is 1. The second-order valence-corrected chi connectivity index (χ2v) is 5.28. The van der Waals surface area contributed by atoms with Gasteiger partial charge in [0.1, 0.15) is 18.2 Å². The molecule has 2 rings (SSSR count). The number of rotatable bonds is 4. The van der Waals surface area contributed by atoms with Gasteiger partial charge in [0.2, 0.25) is 0 Å². The van der Waals surface area contributed by atoms with E-state index in [1.54, 1.807) is 24.3 Å². The summed E-state index contributed by atoms with van der Waals surface area (Å²) in [5.74, 6) is 0.0584. The summed E-state index contributed by atoms with van der Waals surface area (Å²) in [4.78, 5) is 0. The molecule has 0 aliphatic carbocycles. The maximum atomic E-state index is 13.7. The Morgan fingerprint density at radius 1 is 1.11 bits per heavy atom. The van der Waals surface area contributed by atoms with Crippen LogP contribution < -0.4 is 4.74 Å². The van der Waals surface area contributed by atoms with Crippen LogP contribution in [0.2, 0.25) is 10.0 Å².